The standard InChI is InChI=1S/C19H19N3O2S2/c1-2-7-22-15-11-21(8-5-14-4-3-9-26-14)18(23)16(15)17(20-19(22)24)13-6-10-25-12-13/h2-4,6,9-10,12,17H,1,5,7-8,11H2,(H,20,24)/t17-/m1/s1. The number of nitrogens with zero attached hydrogens (tertiary/aromatic N) is 2. The molecular formula is C19H19N3O2S2. The van der Waals surface area contributed by atoms with Gasteiger partial charge in [-0.1, -0.05) is 12.1 Å². The van der Waals surface area contributed by atoms with E-state index in [1.165, 1.54) is 4.88 Å². The van der Waals surface area contributed by atoms with E-state index in [1.807, 2.05) is 33.2 Å². The molecule has 0 bridgehead atoms. The number of nitrogens with one attached hydrogen (secondary N) is 1. The minimum Gasteiger partial charge on any atom is -0.333 e. The zero-order chi connectivity index (χ0) is 18.1. The molecule has 0 saturated heterocycles. The Morgan fingerprint density at radius 3 is 2.88 bits per heavy atom. The average Bonchev–Trinajstić information content (AvgIpc) is 3.37. The van der Waals surface area contributed by atoms with Gasteiger partial charge in [-0.15, -0.1) is 17.9 Å². The van der Waals surface area contributed by atoms with Crippen LogP contribution in [0.1, 0.15) is 16.5 Å². The van der Waals surface area contributed by atoms with E-state index in [1.54, 1.807) is 33.6 Å². The molecule has 5 nitrogen and oxygen atoms in total. The Kier molecular flexibility index (Phi) is 4.65. The van der Waals surface area contributed by atoms with Crippen molar-refractivity contribution >= 4 is 34.6 Å². The first-order chi connectivity index (χ1) is 12.7. The Morgan fingerprint density at radius 2 is 2.19 bits per heavy atom. The minimum atomic E-state index is -0.371. The fourth-order valence-corrected chi connectivity index (χ4v) is 4.82. The lowest BCUT2D eigenvalue weighted by atomic mass is 9.98. The van der Waals surface area contributed by atoms with Crippen LogP contribution < -0.4 is 5.32 Å². The van der Waals surface area contributed by atoms with Crippen LogP contribution in [-0.4, -0.2) is 41.4 Å². The van der Waals surface area contributed by atoms with Crippen LogP contribution in [0.4, 0.5) is 4.79 Å². The Balaban J connectivity index is 1.62. The number of amides is 3. The zero-order valence-corrected chi connectivity index (χ0v) is 15.8. The van der Waals surface area contributed by atoms with Crippen molar-refractivity contribution in [1.82, 2.24) is 15.1 Å². The summed E-state index contributed by atoms with van der Waals surface area (Å²) in [7, 11) is 0. The molecule has 3 amide bonds. The number of urea groups is 1. The first kappa shape index (κ1) is 17.1. The summed E-state index contributed by atoms with van der Waals surface area (Å²) in [4.78, 5) is 30.5. The van der Waals surface area contributed by atoms with Crippen molar-refractivity contribution in [3.63, 3.8) is 0 Å². The van der Waals surface area contributed by atoms with Crippen molar-refractivity contribution in [2.24, 2.45) is 0 Å². The first-order valence-electron chi connectivity index (χ1n) is 8.44. The van der Waals surface area contributed by atoms with Crippen LogP contribution in [0.5, 0.6) is 0 Å². The smallest absolute Gasteiger partial charge is 0.322 e. The van der Waals surface area contributed by atoms with Gasteiger partial charge in [-0.2, -0.15) is 11.3 Å². The second-order valence-corrected chi connectivity index (χ2v) is 8.07. The van der Waals surface area contributed by atoms with Gasteiger partial charge in [0.2, 0.25) is 0 Å². The van der Waals surface area contributed by atoms with Crippen molar-refractivity contribution in [2.75, 3.05) is 19.6 Å². The molecule has 1 N–H and O–H groups in total. The summed E-state index contributed by atoms with van der Waals surface area (Å²) in [5.41, 5.74) is 2.46. The molecule has 7 heteroatoms. The van der Waals surface area contributed by atoms with Crippen LogP contribution in [0.2, 0.25) is 0 Å². The van der Waals surface area contributed by atoms with E-state index in [2.05, 4.69) is 18.0 Å². The highest BCUT2D eigenvalue weighted by Gasteiger charge is 2.43. The van der Waals surface area contributed by atoms with Gasteiger partial charge < -0.3 is 10.2 Å². The molecule has 134 valence electrons. The van der Waals surface area contributed by atoms with Crippen molar-refractivity contribution in [1.29, 1.82) is 0 Å². The van der Waals surface area contributed by atoms with Gasteiger partial charge in [0, 0.05) is 18.0 Å². The summed E-state index contributed by atoms with van der Waals surface area (Å²) in [5.74, 6) is 0.0156. The van der Waals surface area contributed by atoms with Gasteiger partial charge in [0.25, 0.3) is 5.91 Å². The van der Waals surface area contributed by atoms with Gasteiger partial charge in [0.1, 0.15) is 0 Å². The van der Waals surface area contributed by atoms with Crippen LogP contribution >= 0.6 is 22.7 Å². The van der Waals surface area contributed by atoms with Crippen molar-refractivity contribution < 1.29 is 9.59 Å². The molecule has 0 aliphatic carbocycles. The summed E-state index contributed by atoms with van der Waals surface area (Å²) < 4.78 is 0. The lowest BCUT2D eigenvalue weighted by Crippen LogP contribution is -2.47. The van der Waals surface area contributed by atoms with Gasteiger partial charge in [-0.25, -0.2) is 4.79 Å². The number of rotatable bonds is 6. The summed E-state index contributed by atoms with van der Waals surface area (Å²) in [5, 5.41) is 8.99. The molecule has 4 heterocycles. The molecule has 0 saturated carbocycles. The minimum absolute atomic E-state index is 0.0156. The molecule has 2 aliphatic heterocycles. The molecule has 0 spiro atoms. The fraction of sp³-hybridized carbons (Fsp3) is 0.263. The van der Waals surface area contributed by atoms with Crippen molar-refractivity contribution in [3.8, 4) is 0 Å². The van der Waals surface area contributed by atoms with Crippen LogP contribution in [-0.2, 0) is 11.2 Å². The number of carbonyl (C=O) groups is 2. The molecular weight excluding hydrogens is 366 g/mol. The van der Waals surface area contributed by atoms with Gasteiger partial charge in [0.15, 0.2) is 0 Å². The van der Waals surface area contributed by atoms with E-state index >= 15 is 0 Å². The highest BCUT2D eigenvalue weighted by molar-refractivity contribution is 7.09. The highest BCUT2D eigenvalue weighted by Crippen LogP contribution is 2.36. The van der Waals surface area contributed by atoms with Crippen molar-refractivity contribution in [2.45, 2.75) is 12.5 Å². The van der Waals surface area contributed by atoms with E-state index in [9.17, 15) is 9.59 Å². The van der Waals surface area contributed by atoms with E-state index in [0.717, 1.165) is 17.7 Å². The Bertz CT molecular complexity index is 855. The van der Waals surface area contributed by atoms with Crippen LogP contribution in [0.25, 0.3) is 0 Å². The third-order valence-corrected chi connectivity index (χ3v) is 6.33. The molecule has 0 radical (unpaired) electrons. The number of hydrogen-bond donors (Lipinski definition) is 1. The third-order valence-electron chi connectivity index (χ3n) is 4.69. The quantitative estimate of drug-likeness (QED) is 0.775. The molecule has 0 fully saturated rings. The summed E-state index contributed by atoms with van der Waals surface area (Å²) in [6.07, 6.45) is 2.52. The monoisotopic (exact) mass is 385 g/mol. The molecule has 2 aliphatic rings. The van der Waals surface area contributed by atoms with Gasteiger partial charge >= 0.3 is 6.03 Å². The number of thiophene rings is 2. The maximum Gasteiger partial charge on any atom is 0.322 e. The second kappa shape index (κ2) is 7.09. The van der Waals surface area contributed by atoms with Gasteiger partial charge in [-0.05, 0) is 40.3 Å². The third kappa shape index (κ3) is 2.97. The SMILES string of the molecule is C=CCN1C(=O)N[C@H](c2ccsc2)C2=C1CN(CCc1cccs1)C2=O. The topological polar surface area (TPSA) is 52.7 Å². The van der Waals surface area contributed by atoms with Gasteiger partial charge in [-0.3, -0.25) is 9.69 Å². The maximum absolute atomic E-state index is 13.1. The molecule has 4 rings (SSSR count). The lowest BCUT2D eigenvalue weighted by molar-refractivity contribution is -0.125. The van der Waals surface area contributed by atoms with E-state index < -0.39 is 0 Å². The predicted molar refractivity (Wildman–Crippen MR) is 104 cm³/mol. The average molecular weight is 386 g/mol. The fourth-order valence-electron chi connectivity index (χ4n) is 3.44. The van der Waals surface area contributed by atoms with Crippen LogP contribution in [0, 0.1) is 0 Å². The maximum atomic E-state index is 13.1. The van der Waals surface area contributed by atoms with Crippen LogP contribution in [0.15, 0.2) is 58.3 Å². The Hall–Kier alpha value is -2.38. The molecule has 1 atom stereocenters. The molecule has 0 unspecified atom stereocenters. The normalized spacial score (nSPS) is 19.8. The predicted octanol–water partition coefficient (Wildman–Crippen LogP) is 3.40. The Morgan fingerprint density at radius 1 is 1.31 bits per heavy atom. The largest absolute Gasteiger partial charge is 0.333 e. The van der Waals surface area contributed by atoms with Crippen molar-refractivity contribution in [3.05, 3.63) is 68.7 Å². The van der Waals surface area contributed by atoms with E-state index in [4.69, 9.17) is 0 Å². The Labute approximate surface area is 160 Å². The highest BCUT2D eigenvalue weighted by atomic mass is 32.1. The zero-order valence-electron chi connectivity index (χ0n) is 14.2. The molecule has 0 aromatic carbocycles. The molecule has 26 heavy (non-hydrogen) atoms. The molecule has 2 aromatic rings. The number of carbonyl (C=O) groups excluding carboxylic acids is 2. The van der Waals surface area contributed by atoms with E-state index in [0.29, 0.717) is 25.2 Å². The second-order valence-electron chi connectivity index (χ2n) is 6.25. The molecule has 2 aromatic heterocycles. The first-order valence-corrected chi connectivity index (χ1v) is 10.3. The number of hydrogen-bond acceptors (Lipinski definition) is 4. The van der Waals surface area contributed by atoms with Crippen LogP contribution in [0.3, 0.4) is 0 Å². The lowest BCUT2D eigenvalue weighted by Gasteiger charge is -2.32. The van der Waals surface area contributed by atoms with Gasteiger partial charge in [0.05, 0.1) is 23.9 Å². The van der Waals surface area contributed by atoms with E-state index in [-0.39, 0.29) is 18.0 Å². The summed E-state index contributed by atoms with van der Waals surface area (Å²) in [6.45, 7) is 5.26. The summed E-state index contributed by atoms with van der Waals surface area (Å²) >= 11 is 3.26. The summed E-state index contributed by atoms with van der Waals surface area (Å²) in [6, 6.07) is 5.53.